The minimum atomic E-state index is 1.10. The van der Waals surface area contributed by atoms with Crippen LogP contribution in [0.15, 0.2) is 24.4 Å². The van der Waals surface area contributed by atoms with E-state index in [1.54, 1.807) is 0 Å². The summed E-state index contributed by atoms with van der Waals surface area (Å²) >= 11 is 0. The Morgan fingerprint density at radius 3 is 2.09 bits per heavy atom. The van der Waals surface area contributed by atoms with Gasteiger partial charge in [0.15, 0.2) is 0 Å². The van der Waals surface area contributed by atoms with Crippen molar-refractivity contribution in [2.24, 2.45) is 0 Å². The monoisotopic (exact) mass is 151 g/mol. The third kappa shape index (κ3) is 2.11. The zero-order valence-electron chi connectivity index (χ0n) is 7.40. The Labute approximate surface area is 69.4 Å². The van der Waals surface area contributed by atoms with Crippen LogP contribution in [-0.4, -0.2) is 18.0 Å². The van der Waals surface area contributed by atoms with Crippen molar-refractivity contribution in [2.75, 3.05) is 13.1 Å². The molecule has 1 aliphatic heterocycles. The number of hydrogen-bond acceptors (Lipinski definition) is 1. The van der Waals surface area contributed by atoms with Gasteiger partial charge in [-0.3, -0.25) is 0 Å². The molecule has 1 heterocycles. The highest BCUT2D eigenvalue weighted by molar-refractivity contribution is 5.21. The van der Waals surface area contributed by atoms with E-state index in [9.17, 15) is 0 Å². The van der Waals surface area contributed by atoms with Gasteiger partial charge in [0.25, 0.3) is 0 Å². The van der Waals surface area contributed by atoms with Gasteiger partial charge in [0, 0.05) is 18.8 Å². The van der Waals surface area contributed by atoms with Gasteiger partial charge in [-0.25, -0.2) is 0 Å². The first kappa shape index (κ1) is 8.38. The second-order valence-electron chi connectivity index (χ2n) is 3.27. The molecule has 0 aromatic rings. The largest absolute Gasteiger partial charge is 0.372 e. The van der Waals surface area contributed by atoms with Crippen LogP contribution in [0.25, 0.3) is 0 Å². The zero-order valence-corrected chi connectivity index (χ0v) is 7.40. The quantitative estimate of drug-likeness (QED) is 0.548. The lowest BCUT2D eigenvalue weighted by molar-refractivity contribution is 0.291. The minimum absolute atomic E-state index is 1.10. The second kappa shape index (κ2) is 3.61. The Bertz CT molecular complexity index is 164. The van der Waals surface area contributed by atoms with E-state index in [0.717, 1.165) is 11.3 Å². The number of nitrogens with zero attached hydrogens (tertiary/aromatic N) is 1. The number of rotatable bonds is 2. The van der Waals surface area contributed by atoms with Crippen molar-refractivity contribution in [3.05, 3.63) is 24.4 Å². The number of hydrogen-bond donors (Lipinski definition) is 0. The zero-order chi connectivity index (χ0) is 8.27. The summed E-state index contributed by atoms with van der Waals surface area (Å²) in [4.78, 5) is 2.34. The molecule has 0 aromatic heterocycles. The summed E-state index contributed by atoms with van der Waals surface area (Å²) in [6.07, 6.45) is 4.00. The summed E-state index contributed by atoms with van der Waals surface area (Å²) in [6.45, 7) is 12.3. The molecule has 1 heteroatoms. The minimum Gasteiger partial charge on any atom is -0.372 e. The van der Waals surface area contributed by atoms with E-state index in [2.05, 4.69) is 18.1 Å². The summed E-state index contributed by atoms with van der Waals surface area (Å²) in [5.74, 6) is 0. The highest BCUT2D eigenvalue weighted by Crippen LogP contribution is 2.17. The first-order valence-corrected chi connectivity index (χ1v) is 4.31. The van der Waals surface area contributed by atoms with Gasteiger partial charge in [0.05, 0.1) is 0 Å². The lowest BCUT2D eigenvalue weighted by atomic mass is 10.1. The maximum absolute atomic E-state index is 4.00. The van der Waals surface area contributed by atoms with E-state index >= 15 is 0 Å². The van der Waals surface area contributed by atoms with Crippen LogP contribution in [0.2, 0.25) is 0 Å². The molecule has 0 unspecified atom stereocenters. The van der Waals surface area contributed by atoms with Crippen LogP contribution in [0.4, 0.5) is 0 Å². The van der Waals surface area contributed by atoms with Crippen molar-refractivity contribution in [3.63, 3.8) is 0 Å². The molecule has 1 nitrogen and oxygen atoms in total. The fourth-order valence-electron chi connectivity index (χ4n) is 1.43. The lowest BCUT2D eigenvalue weighted by Crippen LogP contribution is -2.28. The molecule has 1 aliphatic rings. The smallest absolute Gasteiger partial charge is 0.0316 e. The second-order valence-corrected chi connectivity index (χ2v) is 3.27. The molecule has 1 fully saturated rings. The molecule has 0 bridgehead atoms. The van der Waals surface area contributed by atoms with Crippen LogP contribution in [0, 0.1) is 0 Å². The summed E-state index contributed by atoms with van der Waals surface area (Å²) < 4.78 is 0. The number of piperidine rings is 1. The van der Waals surface area contributed by atoms with Crippen molar-refractivity contribution in [1.82, 2.24) is 4.90 Å². The van der Waals surface area contributed by atoms with Crippen molar-refractivity contribution >= 4 is 0 Å². The van der Waals surface area contributed by atoms with Gasteiger partial charge >= 0.3 is 0 Å². The van der Waals surface area contributed by atoms with Crippen LogP contribution in [0.5, 0.6) is 0 Å². The molecule has 11 heavy (non-hydrogen) atoms. The Hall–Kier alpha value is -0.720. The summed E-state index contributed by atoms with van der Waals surface area (Å²) in [6, 6.07) is 0. The van der Waals surface area contributed by atoms with Crippen LogP contribution in [0.3, 0.4) is 0 Å². The molecule has 0 aliphatic carbocycles. The molecule has 0 N–H and O–H groups in total. The molecule has 0 spiro atoms. The van der Waals surface area contributed by atoms with Gasteiger partial charge < -0.3 is 4.90 Å². The van der Waals surface area contributed by atoms with Crippen molar-refractivity contribution in [1.29, 1.82) is 0 Å². The van der Waals surface area contributed by atoms with Gasteiger partial charge in [-0.05, 0) is 31.8 Å². The molecule has 0 radical (unpaired) electrons. The van der Waals surface area contributed by atoms with Gasteiger partial charge in [-0.15, -0.1) is 0 Å². The Balaban J connectivity index is 2.45. The van der Waals surface area contributed by atoms with Gasteiger partial charge in [0.1, 0.15) is 0 Å². The van der Waals surface area contributed by atoms with E-state index in [4.69, 9.17) is 0 Å². The van der Waals surface area contributed by atoms with E-state index < -0.39 is 0 Å². The number of likely N-dealkylation sites (tertiary alicyclic amines) is 1. The summed E-state index contributed by atoms with van der Waals surface area (Å²) in [5, 5.41) is 0. The standard InChI is InChI=1S/C10H17N/c1-9(2)10(3)11-7-5-4-6-8-11/h1,3-8H2,2H3. The Morgan fingerprint density at radius 2 is 1.64 bits per heavy atom. The van der Waals surface area contributed by atoms with Crippen molar-refractivity contribution in [3.8, 4) is 0 Å². The fourth-order valence-corrected chi connectivity index (χ4v) is 1.43. The molecule has 62 valence electrons. The fraction of sp³-hybridized carbons (Fsp3) is 0.600. The number of allylic oxidation sites excluding steroid dienone is 1. The van der Waals surface area contributed by atoms with Crippen LogP contribution in [0.1, 0.15) is 26.2 Å². The third-order valence-corrected chi connectivity index (χ3v) is 2.23. The molecule has 0 saturated carbocycles. The average Bonchev–Trinajstić information content (AvgIpc) is 2.05. The Morgan fingerprint density at radius 1 is 1.09 bits per heavy atom. The van der Waals surface area contributed by atoms with Gasteiger partial charge in [-0.2, -0.15) is 0 Å². The van der Waals surface area contributed by atoms with E-state index in [1.807, 2.05) is 6.92 Å². The molecule has 0 atom stereocenters. The lowest BCUT2D eigenvalue weighted by Gasteiger charge is -2.30. The highest BCUT2D eigenvalue weighted by Gasteiger charge is 2.11. The SMILES string of the molecule is C=C(C)C(=C)N1CCCCC1. The normalized spacial score (nSPS) is 18.1. The maximum Gasteiger partial charge on any atom is 0.0316 e. The molecular weight excluding hydrogens is 134 g/mol. The third-order valence-electron chi connectivity index (χ3n) is 2.23. The van der Waals surface area contributed by atoms with Crippen LogP contribution in [-0.2, 0) is 0 Å². The summed E-state index contributed by atoms with van der Waals surface area (Å²) in [7, 11) is 0. The predicted molar refractivity (Wildman–Crippen MR) is 49.4 cm³/mol. The van der Waals surface area contributed by atoms with Gasteiger partial charge in [0.2, 0.25) is 0 Å². The molecule has 1 saturated heterocycles. The first-order chi connectivity index (χ1) is 5.22. The van der Waals surface area contributed by atoms with Crippen LogP contribution >= 0.6 is 0 Å². The molecule has 0 amide bonds. The van der Waals surface area contributed by atoms with Crippen LogP contribution < -0.4 is 0 Å². The molecule has 0 aromatic carbocycles. The van der Waals surface area contributed by atoms with Crippen molar-refractivity contribution in [2.45, 2.75) is 26.2 Å². The average molecular weight is 151 g/mol. The first-order valence-electron chi connectivity index (χ1n) is 4.31. The van der Waals surface area contributed by atoms with Gasteiger partial charge in [-0.1, -0.05) is 13.2 Å². The topological polar surface area (TPSA) is 3.24 Å². The highest BCUT2D eigenvalue weighted by atomic mass is 15.1. The maximum atomic E-state index is 4.00. The molecule has 1 rings (SSSR count). The van der Waals surface area contributed by atoms with E-state index in [1.165, 1.54) is 32.4 Å². The van der Waals surface area contributed by atoms with E-state index in [0.29, 0.717) is 0 Å². The summed E-state index contributed by atoms with van der Waals surface area (Å²) in [5.41, 5.74) is 2.23. The van der Waals surface area contributed by atoms with Crippen molar-refractivity contribution < 1.29 is 0 Å². The Kier molecular flexibility index (Phi) is 2.75. The predicted octanol–water partition coefficient (Wildman–Crippen LogP) is 2.56. The van der Waals surface area contributed by atoms with E-state index in [-0.39, 0.29) is 0 Å². The molecular formula is C10H17N.